The molecule has 0 unspecified atom stereocenters. The van der Waals surface area contributed by atoms with E-state index in [-0.39, 0.29) is 24.0 Å². The zero-order valence-corrected chi connectivity index (χ0v) is 17.5. The summed E-state index contributed by atoms with van der Waals surface area (Å²) in [6.07, 6.45) is 13.9. The second kappa shape index (κ2) is 10.2. The molecule has 0 radical (unpaired) electrons. The van der Waals surface area contributed by atoms with Crippen molar-refractivity contribution in [2.45, 2.75) is 51.5 Å². The Morgan fingerprint density at radius 2 is 2.17 bits per heavy atom. The van der Waals surface area contributed by atoms with Gasteiger partial charge in [0.1, 0.15) is 0 Å². The molecule has 1 aliphatic carbocycles. The Morgan fingerprint density at radius 1 is 1.33 bits per heavy atom. The van der Waals surface area contributed by atoms with Crippen molar-refractivity contribution in [1.29, 1.82) is 0 Å². The van der Waals surface area contributed by atoms with Crippen LogP contribution in [0.2, 0.25) is 0 Å². The van der Waals surface area contributed by atoms with Crippen LogP contribution in [0.1, 0.15) is 50.6 Å². The highest BCUT2D eigenvalue weighted by molar-refractivity contribution is 14.0. The molecule has 0 saturated heterocycles. The van der Waals surface area contributed by atoms with E-state index in [9.17, 15) is 0 Å². The third-order valence-electron chi connectivity index (χ3n) is 4.61. The molecule has 0 spiro atoms. The molecule has 134 valence electrons. The molecule has 2 N–H and O–H groups in total. The van der Waals surface area contributed by atoms with Gasteiger partial charge in [0.05, 0.1) is 12.2 Å². The van der Waals surface area contributed by atoms with Gasteiger partial charge >= 0.3 is 0 Å². The first-order valence-corrected chi connectivity index (χ1v) is 9.58. The van der Waals surface area contributed by atoms with Crippen molar-refractivity contribution in [3.05, 3.63) is 23.5 Å². The van der Waals surface area contributed by atoms with Crippen molar-refractivity contribution >= 4 is 46.2 Å². The van der Waals surface area contributed by atoms with E-state index in [1.807, 2.05) is 18.6 Å². The van der Waals surface area contributed by atoms with Gasteiger partial charge in [0.15, 0.2) is 10.9 Å². The largest absolute Gasteiger partial charge is 0.356 e. The Labute approximate surface area is 165 Å². The molecule has 2 aromatic heterocycles. The average Bonchev–Trinajstić information content (AvgIpc) is 3.16. The first-order chi connectivity index (χ1) is 11.3. The molecular formula is C17H28IN5S. The predicted molar refractivity (Wildman–Crippen MR) is 112 cm³/mol. The summed E-state index contributed by atoms with van der Waals surface area (Å²) in [6, 6.07) is 0. The van der Waals surface area contributed by atoms with Crippen molar-refractivity contribution in [3.63, 3.8) is 0 Å². The van der Waals surface area contributed by atoms with Gasteiger partial charge in [-0.3, -0.25) is 9.39 Å². The maximum absolute atomic E-state index is 4.57. The summed E-state index contributed by atoms with van der Waals surface area (Å²) < 4.78 is 2.06. The van der Waals surface area contributed by atoms with Crippen molar-refractivity contribution in [2.24, 2.45) is 10.9 Å². The molecule has 1 aliphatic rings. The lowest BCUT2D eigenvalue weighted by Crippen LogP contribution is -2.37. The normalized spacial score (nSPS) is 16.1. The number of guanidine groups is 1. The number of imidazole rings is 1. The number of nitrogens with one attached hydrogen (secondary N) is 2. The van der Waals surface area contributed by atoms with E-state index in [2.05, 4.69) is 31.2 Å². The highest BCUT2D eigenvalue weighted by atomic mass is 127. The lowest BCUT2D eigenvalue weighted by Gasteiger charge is -2.21. The van der Waals surface area contributed by atoms with Gasteiger partial charge in [0, 0.05) is 31.4 Å². The smallest absolute Gasteiger partial charge is 0.193 e. The second-order valence-corrected chi connectivity index (χ2v) is 7.20. The van der Waals surface area contributed by atoms with Crippen LogP contribution in [0.15, 0.2) is 22.8 Å². The van der Waals surface area contributed by atoms with Crippen molar-refractivity contribution in [2.75, 3.05) is 13.6 Å². The summed E-state index contributed by atoms with van der Waals surface area (Å²) in [4.78, 5) is 9.90. The third-order valence-corrected chi connectivity index (χ3v) is 5.38. The zero-order valence-electron chi connectivity index (χ0n) is 14.3. The SMILES string of the molecule is CN=C(NCCCC1CCCCC1)NCc1cn2ccsc2n1.I. The molecule has 3 rings (SSSR count). The van der Waals surface area contributed by atoms with Gasteiger partial charge in [-0.2, -0.15) is 0 Å². The minimum Gasteiger partial charge on any atom is -0.356 e. The van der Waals surface area contributed by atoms with Crippen molar-refractivity contribution in [3.8, 4) is 0 Å². The number of thiazole rings is 1. The molecule has 5 nitrogen and oxygen atoms in total. The molecule has 0 amide bonds. The molecule has 7 heteroatoms. The van der Waals surface area contributed by atoms with Crippen LogP contribution in [0.25, 0.3) is 4.96 Å². The Balaban J connectivity index is 0.00000208. The van der Waals surface area contributed by atoms with E-state index in [0.29, 0.717) is 6.54 Å². The molecule has 2 aromatic rings. The van der Waals surface area contributed by atoms with Crippen LogP contribution in [-0.2, 0) is 6.54 Å². The number of hydrogen-bond acceptors (Lipinski definition) is 3. The van der Waals surface area contributed by atoms with E-state index in [1.54, 1.807) is 11.3 Å². The van der Waals surface area contributed by atoms with Gasteiger partial charge in [0.25, 0.3) is 0 Å². The summed E-state index contributed by atoms with van der Waals surface area (Å²) in [7, 11) is 1.82. The van der Waals surface area contributed by atoms with Gasteiger partial charge in [-0.25, -0.2) is 4.98 Å². The number of nitrogens with zero attached hydrogens (tertiary/aromatic N) is 3. The van der Waals surface area contributed by atoms with Gasteiger partial charge in [-0.1, -0.05) is 32.1 Å². The summed E-state index contributed by atoms with van der Waals surface area (Å²) >= 11 is 1.66. The number of aliphatic imine (C=N–C) groups is 1. The van der Waals surface area contributed by atoms with E-state index < -0.39 is 0 Å². The van der Waals surface area contributed by atoms with Crippen LogP contribution in [0.3, 0.4) is 0 Å². The number of aromatic nitrogens is 2. The van der Waals surface area contributed by atoms with E-state index in [0.717, 1.165) is 29.1 Å². The first kappa shape index (κ1) is 19.5. The highest BCUT2D eigenvalue weighted by Gasteiger charge is 2.12. The number of fused-ring (bicyclic) bond motifs is 1. The Morgan fingerprint density at radius 3 is 2.92 bits per heavy atom. The van der Waals surface area contributed by atoms with Crippen LogP contribution in [-0.4, -0.2) is 28.9 Å². The summed E-state index contributed by atoms with van der Waals surface area (Å²) in [5, 5.41) is 8.80. The summed E-state index contributed by atoms with van der Waals surface area (Å²) in [5.41, 5.74) is 1.04. The van der Waals surface area contributed by atoms with Crippen molar-refractivity contribution < 1.29 is 0 Å². The fourth-order valence-corrected chi connectivity index (χ4v) is 4.05. The Kier molecular flexibility index (Phi) is 8.31. The highest BCUT2D eigenvalue weighted by Crippen LogP contribution is 2.26. The summed E-state index contributed by atoms with van der Waals surface area (Å²) in [6.45, 7) is 1.70. The molecule has 0 aliphatic heterocycles. The van der Waals surface area contributed by atoms with Gasteiger partial charge < -0.3 is 10.6 Å². The van der Waals surface area contributed by atoms with Crippen LogP contribution in [0, 0.1) is 5.92 Å². The fraction of sp³-hybridized carbons (Fsp3) is 0.647. The zero-order chi connectivity index (χ0) is 15.9. The molecule has 1 saturated carbocycles. The molecule has 2 heterocycles. The average molecular weight is 461 g/mol. The minimum absolute atomic E-state index is 0. The number of hydrogen-bond donors (Lipinski definition) is 2. The van der Waals surface area contributed by atoms with E-state index >= 15 is 0 Å². The molecular weight excluding hydrogens is 433 g/mol. The van der Waals surface area contributed by atoms with Gasteiger partial charge in [-0.15, -0.1) is 35.3 Å². The first-order valence-electron chi connectivity index (χ1n) is 8.71. The minimum atomic E-state index is 0. The Bertz CT molecular complexity index is 601. The predicted octanol–water partition coefficient (Wildman–Crippen LogP) is 4.04. The van der Waals surface area contributed by atoms with Crippen molar-refractivity contribution in [1.82, 2.24) is 20.0 Å². The topological polar surface area (TPSA) is 53.7 Å². The number of halogens is 1. The number of rotatable bonds is 6. The van der Waals surface area contributed by atoms with Crippen LogP contribution < -0.4 is 10.6 Å². The van der Waals surface area contributed by atoms with E-state index in [1.165, 1.54) is 44.9 Å². The maximum Gasteiger partial charge on any atom is 0.193 e. The summed E-state index contributed by atoms with van der Waals surface area (Å²) in [5.74, 6) is 1.82. The lowest BCUT2D eigenvalue weighted by molar-refractivity contribution is 0.332. The van der Waals surface area contributed by atoms with Crippen LogP contribution >= 0.6 is 35.3 Å². The quantitative estimate of drug-likeness (QED) is 0.296. The molecule has 0 aromatic carbocycles. The molecule has 24 heavy (non-hydrogen) atoms. The molecule has 0 bridgehead atoms. The fourth-order valence-electron chi connectivity index (χ4n) is 3.33. The monoisotopic (exact) mass is 461 g/mol. The standard InChI is InChI=1S/C17H27N5S.HI/c1-18-16(19-9-5-8-14-6-3-2-4-7-14)20-12-15-13-22-10-11-23-17(22)21-15;/h10-11,13-14H,2-9,12H2,1H3,(H2,18,19,20);1H. The van der Waals surface area contributed by atoms with Crippen LogP contribution in [0.4, 0.5) is 0 Å². The maximum atomic E-state index is 4.57. The van der Waals surface area contributed by atoms with Gasteiger partial charge in [-0.05, 0) is 18.8 Å². The van der Waals surface area contributed by atoms with Gasteiger partial charge in [0.2, 0.25) is 0 Å². The van der Waals surface area contributed by atoms with E-state index in [4.69, 9.17) is 0 Å². The lowest BCUT2D eigenvalue weighted by atomic mass is 9.86. The second-order valence-electron chi connectivity index (χ2n) is 6.32. The Hall–Kier alpha value is -0.830. The van der Waals surface area contributed by atoms with Crippen LogP contribution in [0.5, 0.6) is 0 Å². The molecule has 1 fully saturated rings. The molecule has 0 atom stereocenters. The third kappa shape index (κ3) is 5.61.